The van der Waals surface area contributed by atoms with Gasteiger partial charge in [-0.3, -0.25) is 3.53 Å². The quantitative estimate of drug-likeness (QED) is 0.514. The molecule has 0 atom stereocenters. The first-order valence-corrected chi connectivity index (χ1v) is 5.59. The molecule has 0 radical (unpaired) electrons. The van der Waals surface area contributed by atoms with Gasteiger partial charge in [0.2, 0.25) is 0 Å². The van der Waals surface area contributed by atoms with E-state index in [9.17, 15) is 13.2 Å². The molecule has 0 bridgehead atoms. The summed E-state index contributed by atoms with van der Waals surface area (Å²) in [5.41, 5.74) is -3.56. The van der Waals surface area contributed by atoms with E-state index in [4.69, 9.17) is 0 Å². The molecule has 1 rings (SSSR count). The third-order valence-electron chi connectivity index (χ3n) is 1.46. The first-order valence-electron chi connectivity index (χ1n) is 3.70. The van der Waals surface area contributed by atoms with Crippen LogP contribution >= 0.6 is 34.6 Å². The molecule has 14 heavy (non-hydrogen) atoms. The number of alkyl halides is 3. The summed E-state index contributed by atoms with van der Waals surface area (Å²) in [5, 5.41) is 0. The predicted molar refractivity (Wildman–Crippen MR) is 59.2 cm³/mol. The van der Waals surface area contributed by atoms with Crippen LogP contribution in [-0.4, -0.2) is 5.51 Å². The van der Waals surface area contributed by atoms with Crippen LogP contribution in [0, 0.1) is 0 Å². The fraction of sp³-hybridized carbons (Fsp3) is 0.250. The lowest BCUT2D eigenvalue weighted by Crippen LogP contribution is -2.04. The van der Waals surface area contributed by atoms with E-state index in [1.165, 1.54) is 6.07 Å². The van der Waals surface area contributed by atoms with Gasteiger partial charge in [-0.05, 0) is 23.4 Å². The molecule has 0 aliphatic heterocycles. The van der Waals surface area contributed by atoms with Gasteiger partial charge in [0.15, 0.2) is 0 Å². The highest BCUT2D eigenvalue weighted by Crippen LogP contribution is 2.38. The zero-order valence-electron chi connectivity index (χ0n) is 6.94. The van der Waals surface area contributed by atoms with Crippen LogP contribution in [0.2, 0.25) is 0 Å². The van der Waals surface area contributed by atoms with Gasteiger partial charge in [-0.2, -0.15) is 13.2 Å². The van der Waals surface area contributed by atoms with Crippen molar-refractivity contribution < 1.29 is 13.2 Å². The lowest BCUT2D eigenvalue weighted by Gasteiger charge is -2.09. The molecular weight excluding hydrogens is 326 g/mol. The zero-order chi connectivity index (χ0) is 10.6. The number of nitrogens with one attached hydrogen (secondary N) is 1. The highest BCUT2D eigenvalue weighted by molar-refractivity contribution is 14.1. The van der Waals surface area contributed by atoms with Crippen molar-refractivity contribution in [3.63, 3.8) is 0 Å². The Balaban J connectivity index is 2.84. The molecule has 0 aromatic heterocycles. The van der Waals surface area contributed by atoms with Crippen LogP contribution in [0.25, 0.3) is 0 Å². The molecule has 0 unspecified atom stereocenters. The van der Waals surface area contributed by atoms with Crippen molar-refractivity contribution in [3.8, 4) is 0 Å². The van der Waals surface area contributed by atoms with Crippen LogP contribution in [0.4, 0.5) is 13.2 Å². The number of benzene rings is 1. The van der Waals surface area contributed by atoms with Crippen molar-refractivity contribution in [3.05, 3.63) is 29.8 Å². The minimum absolute atomic E-state index is 0.0760. The maximum absolute atomic E-state index is 12.1. The van der Waals surface area contributed by atoms with Crippen molar-refractivity contribution in [1.82, 2.24) is 3.53 Å². The van der Waals surface area contributed by atoms with Gasteiger partial charge in [-0.25, -0.2) is 0 Å². The van der Waals surface area contributed by atoms with E-state index in [-0.39, 0.29) is 16.7 Å². The first kappa shape index (κ1) is 12.1. The SMILES string of the molecule is FC(F)(F)Sc1ccccc1CNI. The minimum Gasteiger partial charge on any atom is -0.257 e. The molecule has 0 aliphatic rings. The molecule has 0 saturated heterocycles. The van der Waals surface area contributed by atoms with Gasteiger partial charge in [0.05, 0.1) is 0 Å². The fourth-order valence-electron chi connectivity index (χ4n) is 0.946. The number of hydrogen-bond donors (Lipinski definition) is 1. The van der Waals surface area contributed by atoms with Gasteiger partial charge in [0, 0.05) is 34.3 Å². The van der Waals surface area contributed by atoms with E-state index in [0.717, 1.165) is 0 Å². The van der Waals surface area contributed by atoms with Crippen LogP contribution in [0.3, 0.4) is 0 Å². The third-order valence-corrected chi connectivity index (χ3v) is 2.69. The summed E-state index contributed by atoms with van der Waals surface area (Å²) >= 11 is 1.83. The maximum Gasteiger partial charge on any atom is 0.446 e. The molecule has 1 aromatic rings. The topological polar surface area (TPSA) is 12.0 Å². The molecule has 0 fully saturated rings. The fourth-order valence-corrected chi connectivity index (χ4v) is 2.02. The van der Waals surface area contributed by atoms with Crippen LogP contribution in [0.15, 0.2) is 29.2 Å². The summed E-state index contributed by atoms with van der Waals surface area (Å²) in [6.45, 7) is 0.430. The van der Waals surface area contributed by atoms with E-state index in [2.05, 4.69) is 3.53 Å². The predicted octanol–water partition coefficient (Wildman–Crippen LogP) is 3.74. The second-order valence-electron chi connectivity index (χ2n) is 2.47. The summed E-state index contributed by atoms with van der Waals surface area (Å²) in [5.74, 6) is 0. The minimum atomic E-state index is -4.22. The van der Waals surface area contributed by atoms with E-state index < -0.39 is 5.51 Å². The van der Waals surface area contributed by atoms with Crippen LogP contribution < -0.4 is 3.53 Å². The highest BCUT2D eigenvalue weighted by Gasteiger charge is 2.30. The van der Waals surface area contributed by atoms with Gasteiger partial charge in [-0.1, -0.05) is 18.2 Å². The van der Waals surface area contributed by atoms with Crippen molar-refractivity contribution in [2.45, 2.75) is 16.9 Å². The van der Waals surface area contributed by atoms with Crippen molar-refractivity contribution >= 4 is 34.6 Å². The molecule has 1 aromatic carbocycles. The Morgan fingerprint density at radius 1 is 1.29 bits per heavy atom. The normalized spacial score (nSPS) is 11.7. The Kier molecular flexibility index (Phi) is 4.52. The molecule has 78 valence electrons. The Hall–Kier alpha value is 0.0500. The van der Waals surface area contributed by atoms with Crippen LogP contribution in [0.5, 0.6) is 0 Å². The summed E-state index contributed by atoms with van der Waals surface area (Å²) in [4.78, 5) is 0.254. The average Bonchev–Trinajstić information content (AvgIpc) is 2.06. The zero-order valence-corrected chi connectivity index (χ0v) is 9.91. The molecule has 1 N–H and O–H groups in total. The smallest absolute Gasteiger partial charge is 0.257 e. The summed E-state index contributed by atoms with van der Waals surface area (Å²) in [7, 11) is 0. The molecule has 6 heteroatoms. The van der Waals surface area contributed by atoms with Gasteiger partial charge >= 0.3 is 5.51 Å². The molecule has 1 nitrogen and oxygen atoms in total. The molecular formula is C8H7F3INS. The number of thioether (sulfide) groups is 1. The summed E-state index contributed by atoms with van der Waals surface area (Å²) in [6, 6.07) is 6.48. The van der Waals surface area contributed by atoms with E-state index in [0.29, 0.717) is 12.1 Å². The van der Waals surface area contributed by atoms with Crippen molar-refractivity contribution in [2.75, 3.05) is 0 Å². The van der Waals surface area contributed by atoms with E-state index >= 15 is 0 Å². The summed E-state index contributed by atoms with van der Waals surface area (Å²) < 4.78 is 39.1. The number of hydrogen-bond acceptors (Lipinski definition) is 2. The van der Waals surface area contributed by atoms with E-state index in [1.54, 1.807) is 18.2 Å². The Labute approximate surface area is 97.9 Å². The second kappa shape index (κ2) is 5.22. The van der Waals surface area contributed by atoms with Gasteiger partial charge < -0.3 is 0 Å². The van der Waals surface area contributed by atoms with E-state index in [1.807, 2.05) is 22.9 Å². The maximum atomic E-state index is 12.1. The van der Waals surface area contributed by atoms with Gasteiger partial charge in [-0.15, -0.1) is 0 Å². The number of rotatable bonds is 3. The van der Waals surface area contributed by atoms with Crippen molar-refractivity contribution in [2.24, 2.45) is 0 Å². The Morgan fingerprint density at radius 3 is 2.50 bits per heavy atom. The molecule has 0 heterocycles. The largest absolute Gasteiger partial charge is 0.446 e. The van der Waals surface area contributed by atoms with Crippen LogP contribution in [-0.2, 0) is 6.54 Å². The van der Waals surface area contributed by atoms with Crippen molar-refractivity contribution in [1.29, 1.82) is 0 Å². The number of halogens is 4. The standard InChI is InChI=1S/C8H7F3INS/c9-8(10,11)14-7-4-2-1-3-6(7)5-13-12/h1-4,13H,5H2. The lowest BCUT2D eigenvalue weighted by atomic mass is 10.2. The lowest BCUT2D eigenvalue weighted by molar-refractivity contribution is -0.0328. The first-order chi connectivity index (χ1) is 6.53. The Morgan fingerprint density at radius 2 is 1.93 bits per heavy atom. The van der Waals surface area contributed by atoms with Gasteiger partial charge in [0.1, 0.15) is 0 Å². The van der Waals surface area contributed by atoms with Crippen LogP contribution in [0.1, 0.15) is 5.56 Å². The molecule has 0 aliphatic carbocycles. The van der Waals surface area contributed by atoms with Gasteiger partial charge in [0.25, 0.3) is 0 Å². The third kappa shape index (κ3) is 4.05. The highest BCUT2D eigenvalue weighted by atomic mass is 127. The molecule has 0 amide bonds. The second-order valence-corrected chi connectivity index (χ2v) is 4.34. The molecule has 0 spiro atoms. The Bertz CT molecular complexity index is 303. The monoisotopic (exact) mass is 333 g/mol. The molecule has 0 saturated carbocycles. The average molecular weight is 333 g/mol. The summed E-state index contributed by atoms with van der Waals surface area (Å²) in [6.07, 6.45) is 0.